The number of aromatic nitrogens is 2. The van der Waals surface area contributed by atoms with E-state index >= 15 is 0 Å². The van der Waals surface area contributed by atoms with E-state index in [4.69, 9.17) is 4.98 Å². The van der Waals surface area contributed by atoms with Gasteiger partial charge in [0.1, 0.15) is 29.0 Å². The fourth-order valence-corrected chi connectivity index (χ4v) is 4.52. The molecule has 33 heavy (non-hydrogen) atoms. The van der Waals surface area contributed by atoms with Gasteiger partial charge >= 0.3 is 0 Å². The lowest BCUT2D eigenvalue weighted by Gasteiger charge is -2.29. The number of piperidine rings is 1. The summed E-state index contributed by atoms with van der Waals surface area (Å²) in [6, 6.07) is 10.5. The first-order chi connectivity index (χ1) is 15.9. The predicted octanol–water partition coefficient (Wildman–Crippen LogP) is 6.33. The molecule has 0 aliphatic carbocycles. The van der Waals surface area contributed by atoms with Crippen molar-refractivity contribution in [2.45, 2.75) is 18.8 Å². The second kappa shape index (κ2) is 8.56. The van der Waals surface area contributed by atoms with Gasteiger partial charge in [-0.05, 0) is 74.9 Å². The van der Waals surface area contributed by atoms with E-state index in [1.165, 1.54) is 36.5 Å². The summed E-state index contributed by atoms with van der Waals surface area (Å²) in [4.78, 5) is 11.3. The van der Waals surface area contributed by atoms with Crippen molar-refractivity contribution >= 4 is 10.9 Å². The number of hydrogen-bond donors (Lipinski definition) is 0. The summed E-state index contributed by atoms with van der Waals surface area (Å²) < 4.78 is 57.8. The van der Waals surface area contributed by atoms with Gasteiger partial charge in [0.15, 0.2) is 0 Å². The molecule has 5 rings (SSSR count). The Balaban J connectivity index is 1.80. The highest BCUT2D eigenvalue weighted by molar-refractivity contribution is 6.01. The first-order valence-electron chi connectivity index (χ1n) is 10.8. The molecule has 1 aliphatic heterocycles. The van der Waals surface area contributed by atoms with Gasteiger partial charge in [-0.2, -0.15) is 0 Å². The van der Waals surface area contributed by atoms with Crippen LogP contribution in [0.1, 0.15) is 24.5 Å². The average Bonchev–Trinajstić information content (AvgIpc) is 2.79. The second-order valence-corrected chi connectivity index (χ2v) is 8.45. The topological polar surface area (TPSA) is 29.0 Å². The van der Waals surface area contributed by atoms with Gasteiger partial charge in [-0.1, -0.05) is 6.07 Å². The molecule has 0 radical (unpaired) electrons. The van der Waals surface area contributed by atoms with Crippen molar-refractivity contribution < 1.29 is 17.6 Å². The monoisotopic (exact) mass is 451 g/mol. The smallest absolute Gasteiger partial charge is 0.135 e. The fraction of sp³-hybridized carbons (Fsp3) is 0.231. The van der Waals surface area contributed by atoms with Crippen molar-refractivity contribution in [2.24, 2.45) is 0 Å². The zero-order valence-electron chi connectivity index (χ0n) is 18.0. The number of pyridine rings is 2. The van der Waals surface area contributed by atoms with Crippen molar-refractivity contribution in [1.29, 1.82) is 0 Å². The number of nitrogens with zero attached hydrogens (tertiary/aromatic N) is 3. The summed E-state index contributed by atoms with van der Waals surface area (Å²) in [6.07, 6.45) is 3.12. The SMILES string of the molecule is CN1CCC(c2cc(-c3ccc(F)cc3F)c3ccnc(-c4c(F)cccc4F)c3n2)CC1. The van der Waals surface area contributed by atoms with Crippen LogP contribution in [0.2, 0.25) is 0 Å². The summed E-state index contributed by atoms with van der Waals surface area (Å²) in [5.74, 6) is -2.80. The molecule has 2 aromatic carbocycles. The van der Waals surface area contributed by atoms with Gasteiger partial charge < -0.3 is 4.90 Å². The van der Waals surface area contributed by atoms with Crippen LogP contribution in [-0.4, -0.2) is 35.0 Å². The molecule has 0 amide bonds. The molecule has 0 N–H and O–H groups in total. The minimum Gasteiger partial charge on any atom is -0.306 e. The van der Waals surface area contributed by atoms with Gasteiger partial charge in [-0.25, -0.2) is 17.6 Å². The third kappa shape index (κ3) is 3.97. The third-order valence-corrected chi connectivity index (χ3v) is 6.31. The van der Waals surface area contributed by atoms with Crippen molar-refractivity contribution in [3.8, 4) is 22.4 Å². The van der Waals surface area contributed by atoms with Crippen molar-refractivity contribution in [2.75, 3.05) is 20.1 Å². The van der Waals surface area contributed by atoms with Crippen LogP contribution in [0.4, 0.5) is 17.6 Å². The molecule has 168 valence electrons. The van der Waals surface area contributed by atoms with Crippen LogP contribution in [0.15, 0.2) is 54.7 Å². The summed E-state index contributed by atoms with van der Waals surface area (Å²) in [6.45, 7) is 1.76. The van der Waals surface area contributed by atoms with E-state index in [1.807, 2.05) is 13.1 Å². The summed E-state index contributed by atoms with van der Waals surface area (Å²) in [5.41, 5.74) is 1.47. The average molecular weight is 451 g/mol. The van der Waals surface area contributed by atoms with Gasteiger partial charge in [-0.15, -0.1) is 0 Å². The van der Waals surface area contributed by atoms with E-state index in [1.54, 1.807) is 6.07 Å². The lowest BCUT2D eigenvalue weighted by atomic mass is 9.90. The third-order valence-electron chi connectivity index (χ3n) is 6.31. The zero-order chi connectivity index (χ0) is 23.1. The number of rotatable bonds is 3. The van der Waals surface area contributed by atoms with Gasteiger partial charge in [0.05, 0.1) is 11.1 Å². The van der Waals surface area contributed by atoms with Gasteiger partial charge in [0.2, 0.25) is 0 Å². The molecule has 3 nitrogen and oxygen atoms in total. The molecule has 4 aromatic rings. The first-order valence-corrected chi connectivity index (χ1v) is 10.8. The quantitative estimate of drug-likeness (QED) is 0.341. The van der Waals surface area contributed by atoms with E-state index in [0.29, 0.717) is 16.6 Å². The molecule has 1 aliphatic rings. The highest BCUT2D eigenvalue weighted by atomic mass is 19.1. The number of halogens is 4. The largest absolute Gasteiger partial charge is 0.306 e. The van der Waals surface area contributed by atoms with E-state index in [9.17, 15) is 17.6 Å². The molecule has 3 heterocycles. The van der Waals surface area contributed by atoms with Crippen LogP contribution in [-0.2, 0) is 0 Å². The minimum absolute atomic E-state index is 0.0571. The van der Waals surface area contributed by atoms with Crippen molar-refractivity contribution in [1.82, 2.24) is 14.9 Å². The molecule has 1 saturated heterocycles. The standard InChI is InChI=1S/C26H21F4N3/c1-33-11-8-15(9-12-33)23-14-19(17-6-5-16(27)13-22(17)30)18-7-10-31-26(25(18)32-23)24-20(28)3-2-4-21(24)29/h2-7,10,13-15H,8-9,11-12H2,1H3. The van der Waals surface area contributed by atoms with Crippen LogP contribution in [0, 0.1) is 23.3 Å². The molecule has 2 aromatic heterocycles. The Labute approximate surface area is 188 Å². The molecular formula is C26H21F4N3. The Morgan fingerprint density at radius 1 is 0.848 bits per heavy atom. The Hall–Kier alpha value is -3.32. The zero-order valence-corrected chi connectivity index (χ0v) is 18.0. The lowest BCUT2D eigenvalue weighted by Crippen LogP contribution is -2.29. The molecule has 0 bridgehead atoms. The van der Waals surface area contributed by atoms with E-state index in [2.05, 4.69) is 9.88 Å². The van der Waals surface area contributed by atoms with Crippen LogP contribution in [0.3, 0.4) is 0 Å². The van der Waals surface area contributed by atoms with Gasteiger partial charge in [-0.3, -0.25) is 9.97 Å². The van der Waals surface area contributed by atoms with Crippen LogP contribution < -0.4 is 0 Å². The maximum Gasteiger partial charge on any atom is 0.135 e. The molecular weight excluding hydrogens is 430 g/mol. The van der Waals surface area contributed by atoms with Crippen LogP contribution in [0.5, 0.6) is 0 Å². The highest BCUT2D eigenvalue weighted by Crippen LogP contribution is 2.38. The normalized spacial score (nSPS) is 15.3. The molecule has 0 atom stereocenters. The van der Waals surface area contributed by atoms with Crippen LogP contribution >= 0.6 is 0 Å². The molecule has 1 fully saturated rings. The van der Waals surface area contributed by atoms with E-state index in [0.717, 1.165) is 32.0 Å². The number of fused-ring (bicyclic) bond motifs is 1. The van der Waals surface area contributed by atoms with Gasteiger partial charge in [0.25, 0.3) is 0 Å². The Morgan fingerprint density at radius 3 is 2.27 bits per heavy atom. The van der Waals surface area contributed by atoms with Gasteiger partial charge in [0, 0.05) is 34.8 Å². The van der Waals surface area contributed by atoms with E-state index < -0.39 is 23.3 Å². The fourth-order valence-electron chi connectivity index (χ4n) is 4.52. The first kappa shape index (κ1) is 21.5. The summed E-state index contributed by atoms with van der Waals surface area (Å²) >= 11 is 0. The minimum atomic E-state index is -0.754. The van der Waals surface area contributed by atoms with E-state index in [-0.39, 0.29) is 28.3 Å². The van der Waals surface area contributed by atoms with Crippen molar-refractivity contribution in [3.63, 3.8) is 0 Å². The maximum atomic E-state index is 14.8. The molecule has 0 saturated carbocycles. The van der Waals surface area contributed by atoms with Crippen LogP contribution in [0.25, 0.3) is 33.3 Å². The molecule has 7 heteroatoms. The summed E-state index contributed by atoms with van der Waals surface area (Å²) in [7, 11) is 2.05. The number of benzene rings is 2. The van der Waals surface area contributed by atoms with Crippen molar-refractivity contribution in [3.05, 3.63) is 83.7 Å². The maximum absolute atomic E-state index is 14.8. The Bertz CT molecular complexity index is 1330. The molecule has 0 unspecified atom stereocenters. The molecule has 0 spiro atoms. The Kier molecular flexibility index (Phi) is 5.58. The highest BCUT2D eigenvalue weighted by Gasteiger charge is 2.24. The summed E-state index contributed by atoms with van der Waals surface area (Å²) in [5, 5.41) is 0.491. The Morgan fingerprint density at radius 2 is 1.58 bits per heavy atom. The lowest BCUT2D eigenvalue weighted by molar-refractivity contribution is 0.253. The number of hydrogen-bond acceptors (Lipinski definition) is 3. The second-order valence-electron chi connectivity index (χ2n) is 8.45. The predicted molar refractivity (Wildman–Crippen MR) is 120 cm³/mol. The number of likely N-dealkylation sites (tertiary alicyclic amines) is 1.